The van der Waals surface area contributed by atoms with Crippen molar-refractivity contribution >= 4 is 23.0 Å². The highest BCUT2D eigenvalue weighted by atomic mass is 32.1. The maximum atomic E-state index is 5.02. The van der Waals surface area contributed by atoms with Gasteiger partial charge in [-0.15, -0.1) is 0 Å². The smallest absolute Gasteiger partial charge is 0.170 e. The lowest BCUT2D eigenvalue weighted by molar-refractivity contribution is 0.979. The number of pyridine rings is 1. The summed E-state index contributed by atoms with van der Waals surface area (Å²) < 4.78 is 0. The molecule has 70 valence electrons. The number of nitrogens with zero attached hydrogens (tertiary/aromatic N) is 1. The van der Waals surface area contributed by atoms with Gasteiger partial charge in [0.05, 0.1) is 11.9 Å². The van der Waals surface area contributed by atoms with E-state index in [0.717, 1.165) is 17.9 Å². The van der Waals surface area contributed by atoms with Gasteiger partial charge in [0.1, 0.15) is 0 Å². The van der Waals surface area contributed by atoms with E-state index in [4.69, 9.17) is 12.2 Å². The van der Waals surface area contributed by atoms with Crippen LogP contribution in [0.4, 0.5) is 5.69 Å². The minimum Gasteiger partial charge on any atom is -0.363 e. The lowest BCUT2D eigenvalue weighted by Gasteiger charge is -2.07. The van der Waals surface area contributed by atoms with Crippen LogP contribution in [-0.2, 0) is 0 Å². The molecule has 0 bridgehead atoms. The van der Waals surface area contributed by atoms with Crippen molar-refractivity contribution in [2.24, 2.45) is 0 Å². The number of aryl methyl sites for hydroxylation is 1. The molecular formula is C9H13N3S. The van der Waals surface area contributed by atoms with Gasteiger partial charge in [0.2, 0.25) is 0 Å². The minimum atomic E-state index is 0.633. The number of rotatable bonds is 2. The van der Waals surface area contributed by atoms with Gasteiger partial charge in [-0.3, -0.25) is 4.98 Å². The first-order chi connectivity index (χ1) is 6.22. The van der Waals surface area contributed by atoms with Gasteiger partial charge in [-0.25, -0.2) is 0 Å². The van der Waals surface area contributed by atoms with E-state index in [1.807, 2.05) is 26.0 Å². The first-order valence-corrected chi connectivity index (χ1v) is 4.60. The Bertz CT molecular complexity index is 281. The fraction of sp³-hybridized carbons (Fsp3) is 0.333. The minimum absolute atomic E-state index is 0.633. The topological polar surface area (TPSA) is 37.0 Å². The zero-order valence-corrected chi connectivity index (χ0v) is 8.61. The molecule has 4 heteroatoms. The second-order valence-electron chi connectivity index (χ2n) is 2.67. The normalized spacial score (nSPS) is 9.38. The van der Waals surface area contributed by atoms with Crippen LogP contribution in [0.2, 0.25) is 0 Å². The Morgan fingerprint density at radius 3 is 2.85 bits per heavy atom. The lowest BCUT2D eigenvalue weighted by atomic mass is 10.3. The molecule has 0 fully saturated rings. The molecule has 0 aliphatic rings. The SMILES string of the molecule is CCNC(=S)Nc1ccc(C)nc1. The molecular weight excluding hydrogens is 182 g/mol. The molecule has 1 aromatic rings. The highest BCUT2D eigenvalue weighted by Gasteiger charge is 1.94. The second kappa shape index (κ2) is 4.77. The largest absolute Gasteiger partial charge is 0.363 e. The van der Waals surface area contributed by atoms with E-state index in [9.17, 15) is 0 Å². The molecule has 2 N–H and O–H groups in total. The molecule has 0 atom stereocenters. The molecule has 0 radical (unpaired) electrons. The van der Waals surface area contributed by atoms with E-state index in [1.54, 1.807) is 6.20 Å². The van der Waals surface area contributed by atoms with Crippen LogP contribution in [0.5, 0.6) is 0 Å². The van der Waals surface area contributed by atoms with E-state index in [2.05, 4.69) is 15.6 Å². The lowest BCUT2D eigenvalue weighted by Crippen LogP contribution is -2.27. The summed E-state index contributed by atoms with van der Waals surface area (Å²) in [5, 5.41) is 6.66. The second-order valence-corrected chi connectivity index (χ2v) is 3.08. The average molecular weight is 195 g/mol. The Hall–Kier alpha value is -1.16. The highest BCUT2D eigenvalue weighted by molar-refractivity contribution is 7.80. The van der Waals surface area contributed by atoms with Gasteiger partial charge in [0.15, 0.2) is 5.11 Å². The highest BCUT2D eigenvalue weighted by Crippen LogP contribution is 2.04. The number of thiocarbonyl (C=S) groups is 1. The third kappa shape index (κ3) is 3.38. The Morgan fingerprint density at radius 1 is 1.54 bits per heavy atom. The maximum absolute atomic E-state index is 5.02. The molecule has 0 saturated carbocycles. The quantitative estimate of drug-likeness (QED) is 0.704. The van der Waals surface area contributed by atoms with Gasteiger partial charge >= 0.3 is 0 Å². The van der Waals surface area contributed by atoms with Gasteiger partial charge in [-0.05, 0) is 38.2 Å². The van der Waals surface area contributed by atoms with Gasteiger partial charge in [-0.2, -0.15) is 0 Å². The summed E-state index contributed by atoms with van der Waals surface area (Å²) in [5.74, 6) is 0. The number of nitrogens with one attached hydrogen (secondary N) is 2. The number of hydrogen-bond donors (Lipinski definition) is 2. The zero-order valence-electron chi connectivity index (χ0n) is 7.79. The maximum Gasteiger partial charge on any atom is 0.170 e. The molecule has 1 aromatic heterocycles. The van der Waals surface area contributed by atoms with Crippen LogP contribution in [0.25, 0.3) is 0 Å². The predicted molar refractivity (Wildman–Crippen MR) is 58.9 cm³/mol. The molecule has 0 aliphatic carbocycles. The third-order valence-electron chi connectivity index (χ3n) is 1.51. The molecule has 1 heterocycles. The Kier molecular flexibility index (Phi) is 3.64. The fourth-order valence-corrected chi connectivity index (χ4v) is 1.14. The van der Waals surface area contributed by atoms with Crippen molar-refractivity contribution in [3.63, 3.8) is 0 Å². The van der Waals surface area contributed by atoms with E-state index in [0.29, 0.717) is 5.11 Å². The summed E-state index contributed by atoms with van der Waals surface area (Å²) in [6.45, 7) is 4.78. The van der Waals surface area contributed by atoms with Crippen molar-refractivity contribution < 1.29 is 0 Å². The zero-order chi connectivity index (χ0) is 9.68. The van der Waals surface area contributed by atoms with Crippen LogP contribution in [0.1, 0.15) is 12.6 Å². The molecule has 13 heavy (non-hydrogen) atoms. The van der Waals surface area contributed by atoms with Crippen LogP contribution in [0.3, 0.4) is 0 Å². The van der Waals surface area contributed by atoms with Gasteiger partial charge in [0, 0.05) is 12.2 Å². The van der Waals surface area contributed by atoms with Crippen molar-refractivity contribution in [2.45, 2.75) is 13.8 Å². The van der Waals surface area contributed by atoms with Crippen LogP contribution >= 0.6 is 12.2 Å². The average Bonchev–Trinajstić information content (AvgIpc) is 2.09. The first-order valence-electron chi connectivity index (χ1n) is 4.20. The van der Waals surface area contributed by atoms with Crippen molar-refractivity contribution in [2.75, 3.05) is 11.9 Å². The predicted octanol–water partition coefficient (Wildman–Crippen LogP) is 1.70. The van der Waals surface area contributed by atoms with Crippen molar-refractivity contribution in [1.82, 2.24) is 10.3 Å². The molecule has 0 spiro atoms. The van der Waals surface area contributed by atoms with Crippen LogP contribution < -0.4 is 10.6 Å². The summed E-state index contributed by atoms with van der Waals surface area (Å²) in [6.07, 6.45) is 1.76. The molecule has 1 rings (SSSR count). The van der Waals surface area contributed by atoms with Gasteiger partial charge in [-0.1, -0.05) is 0 Å². The summed E-state index contributed by atoms with van der Waals surface area (Å²) in [6, 6.07) is 3.89. The van der Waals surface area contributed by atoms with Crippen molar-refractivity contribution in [1.29, 1.82) is 0 Å². The van der Waals surface area contributed by atoms with Crippen molar-refractivity contribution in [3.8, 4) is 0 Å². The van der Waals surface area contributed by atoms with Crippen LogP contribution in [0.15, 0.2) is 18.3 Å². The number of hydrogen-bond acceptors (Lipinski definition) is 2. The van der Waals surface area contributed by atoms with Gasteiger partial charge < -0.3 is 10.6 Å². The van der Waals surface area contributed by atoms with E-state index < -0.39 is 0 Å². The number of aromatic nitrogens is 1. The van der Waals surface area contributed by atoms with E-state index in [1.165, 1.54) is 0 Å². The van der Waals surface area contributed by atoms with E-state index in [-0.39, 0.29) is 0 Å². The number of anilines is 1. The third-order valence-corrected chi connectivity index (χ3v) is 1.75. The molecule has 0 aliphatic heterocycles. The molecule has 3 nitrogen and oxygen atoms in total. The molecule has 0 saturated heterocycles. The first kappa shape index (κ1) is 9.92. The van der Waals surface area contributed by atoms with Crippen LogP contribution in [-0.4, -0.2) is 16.6 Å². The summed E-state index contributed by atoms with van der Waals surface area (Å²) in [5.41, 5.74) is 1.91. The van der Waals surface area contributed by atoms with E-state index >= 15 is 0 Å². The Labute approximate surface area is 83.6 Å². The summed E-state index contributed by atoms with van der Waals surface area (Å²) in [7, 11) is 0. The van der Waals surface area contributed by atoms with Crippen LogP contribution in [0, 0.1) is 6.92 Å². The molecule has 0 amide bonds. The fourth-order valence-electron chi connectivity index (χ4n) is 0.878. The monoisotopic (exact) mass is 195 g/mol. The standard InChI is InChI=1S/C9H13N3S/c1-3-10-9(13)12-8-5-4-7(2)11-6-8/h4-6H,3H2,1-2H3,(H2,10,12,13). The van der Waals surface area contributed by atoms with Gasteiger partial charge in [0.25, 0.3) is 0 Å². The summed E-state index contributed by atoms with van der Waals surface area (Å²) in [4.78, 5) is 4.14. The molecule has 0 unspecified atom stereocenters. The van der Waals surface area contributed by atoms with Crippen molar-refractivity contribution in [3.05, 3.63) is 24.0 Å². The summed E-state index contributed by atoms with van der Waals surface area (Å²) >= 11 is 5.02. The Morgan fingerprint density at radius 2 is 2.31 bits per heavy atom. The molecule has 0 aromatic carbocycles. The Balaban J connectivity index is 2.54.